The molecule has 1 aliphatic heterocycles. The van der Waals surface area contributed by atoms with Crippen LogP contribution in [0.4, 0.5) is 4.79 Å². The van der Waals surface area contributed by atoms with E-state index < -0.39 is 6.09 Å². The molecule has 19 heavy (non-hydrogen) atoms. The van der Waals surface area contributed by atoms with Gasteiger partial charge in [0.05, 0.1) is 25.1 Å². The molecule has 0 bridgehead atoms. The van der Waals surface area contributed by atoms with E-state index in [1.54, 1.807) is 18.6 Å². The number of carbonyl (C=O) groups excluding carboxylic acids is 1. The zero-order valence-electron chi connectivity index (χ0n) is 10.7. The molecule has 0 radical (unpaired) electrons. The summed E-state index contributed by atoms with van der Waals surface area (Å²) in [5.74, 6) is 0. The highest BCUT2D eigenvalue weighted by Gasteiger charge is 2.10. The highest BCUT2D eigenvalue weighted by Crippen LogP contribution is 1.96. The second-order valence-electron chi connectivity index (χ2n) is 4.15. The number of amides is 1. The third-order valence-corrected chi connectivity index (χ3v) is 2.77. The molecule has 1 aliphatic rings. The highest BCUT2D eigenvalue weighted by molar-refractivity contribution is 5.67. The van der Waals surface area contributed by atoms with Gasteiger partial charge >= 0.3 is 6.09 Å². The number of carbonyl (C=O) groups is 1. The van der Waals surface area contributed by atoms with E-state index >= 15 is 0 Å². The normalized spacial score (nSPS) is 16.0. The lowest BCUT2D eigenvalue weighted by molar-refractivity contribution is 0.0382. The number of nitrogens with one attached hydrogen (secondary N) is 1. The second-order valence-corrected chi connectivity index (χ2v) is 4.15. The zero-order chi connectivity index (χ0) is 13.3. The van der Waals surface area contributed by atoms with E-state index in [2.05, 4.69) is 20.2 Å². The molecule has 0 atom stereocenters. The number of rotatable bonds is 5. The summed E-state index contributed by atoms with van der Waals surface area (Å²) in [6, 6.07) is 0. The van der Waals surface area contributed by atoms with Crippen molar-refractivity contribution in [1.82, 2.24) is 20.2 Å². The Kier molecular flexibility index (Phi) is 5.51. The Labute approximate surface area is 111 Å². The number of alkyl carbamates (subject to hydrolysis) is 1. The smallest absolute Gasteiger partial charge is 0.407 e. The summed E-state index contributed by atoms with van der Waals surface area (Å²) >= 11 is 0. The van der Waals surface area contributed by atoms with Crippen LogP contribution < -0.4 is 5.32 Å². The first-order valence-corrected chi connectivity index (χ1v) is 6.30. The average molecular weight is 266 g/mol. The van der Waals surface area contributed by atoms with E-state index in [-0.39, 0.29) is 6.61 Å². The van der Waals surface area contributed by atoms with Crippen LogP contribution in [0.5, 0.6) is 0 Å². The summed E-state index contributed by atoms with van der Waals surface area (Å²) in [4.78, 5) is 21.6. The molecule has 0 unspecified atom stereocenters. The van der Waals surface area contributed by atoms with Crippen LogP contribution in [0.25, 0.3) is 0 Å². The van der Waals surface area contributed by atoms with Gasteiger partial charge in [0.2, 0.25) is 0 Å². The van der Waals surface area contributed by atoms with Crippen LogP contribution in [0.15, 0.2) is 18.6 Å². The molecule has 1 fully saturated rings. The lowest BCUT2D eigenvalue weighted by atomic mass is 10.4. The standard InChI is InChI=1S/C12H18N4O3/c17-12(19-10-11-9-13-1-2-14-11)15-3-4-16-5-7-18-8-6-16/h1-2,9H,3-8,10H2,(H,15,17). The molecule has 7 nitrogen and oxygen atoms in total. The fourth-order valence-electron chi connectivity index (χ4n) is 1.74. The molecule has 2 rings (SSSR count). The summed E-state index contributed by atoms with van der Waals surface area (Å²) in [6.07, 6.45) is 4.28. The van der Waals surface area contributed by atoms with Crippen LogP contribution in [0.1, 0.15) is 5.69 Å². The van der Waals surface area contributed by atoms with Gasteiger partial charge in [0.1, 0.15) is 6.61 Å². The van der Waals surface area contributed by atoms with Crippen molar-refractivity contribution in [2.75, 3.05) is 39.4 Å². The Morgan fingerprint density at radius 2 is 2.26 bits per heavy atom. The predicted octanol–water partition coefficient (Wildman–Crippen LogP) is 0.0350. The highest BCUT2D eigenvalue weighted by atomic mass is 16.5. The first kappa shape index (κ1) is 13.7. The molecular formula is C12H18N4O3. The van der Waals surface area contributed by atoms with E-state index in [4.69, 9.17) is 9.47 Å². The minimum Gasteiger partial charge on any atom is -0.443 e. The Balaban J connectivity index is 1.57. The summed E-state index contributed by atoms with van der Waals surface area (Å²) in [5, 5.41) is 2.71. The lowest BCUT2D eigenvalue weighted by Crippen LogP contribution is -2.41. The largest absolute Gasteiger partial charge is 0.443 e. The zero-order valence-corrected chi connectivity index (χ0v) is 10.7. The van der Waals surface area contributed by atoms with Crippen LogP contribution in [0, 0.1) is 0 Å². The van der Waals surface area contributed by atoms with Crippen LogP contribution >= 0.6 is 0 Å². The lowest BCUT2D eigenvalue weighted by Gasteiger charge is -2.26. The van der Waals surface area contributed by atoms with E-state index in [0.29, 0.717) is 12.2 Å². The van der Waals surface area contributed by atoms with Crippen molar-refractivity contribution < 1.29 is 14.3 Å². The molecule has 0 aromatic carbocycles. The maximum absolute atomic E-state index is 11.4. The summed E-state index contributed by atoms with van der Waals surface area (Å²) in [5.41, 5.74) is 0.630. The number of aromatic nitrogens is 2. The number of hydrogen-bond donors (Lipinski definition) is 1. The van der Waals surface area contributed by atoms with Crippen LogP contribution in [0.2, 0.25) is 0 Å². The van der Waals surface area contributed by atoms with Crippen molar-refractivity contribution in [3.05, 3.63) is 24.3 Å². The second kappa shape index (κ2) is 7.65. The monoisotopic (exact) mass is 266 g/mol. The minimum atomic E-state index is -0.432. The van der Waals surface area contributed by atoms with Crippen molar-refractivity contribution in [2.45, 2.75) is 6.61 Å². The molecule has 1 amide bonds. The molecular weight excluding hydrogens is 248 g/mol. The van der Waals surface area contributed by atoms with Gasteiger partial charge in [-0.2, -0.15) is 0 Å². The number of nitrogens with zero attached hydrogens (tertiary/aromatic N) is 3. The third-order valence-electron chi connectivity index (χ3n) is 2.77. The first-order chi connectivity index (χ1) is 9.34. The topological polar surface area (TPSA) is 76.6 Å². The number of morpholine rings is 1. The van der Waals surface area contributed by atoms with Gasteiger partial charge in [-0.25, -0.2) is 4.79 Å². The Morgan fingerprint density at radius 1 is 1.42 bits per heavy atom. The Morgan fingerprint density at radius 3 is 3.00 bits per heavy atom. The fraction of sp³-hybridized carbons (Fsp3) is 0.583. The van der Waals surface area contributed by atoms with E-state index in [9.17, 15) is 4.79 Å². The average Bonchev–Trinajstić information content (AvgIpc) is 2.47. The van der Waals surface area contributed by atoms with Crippen molar-refractivity contribution >= 4 is 6.09 Å². The van der Waals surface area contributed by atoms with E-state index in [1.807, 2.05) is 0 Å². The van der Waals surface area contributed by atoms with Crippen molar-refractivity contribution in [1.29, 1.82) is 0 Å². The summed E-state index contributed by atoms with van der Waals surface area (Å²) in [7, 11) is 0. The molecule has 0 saturated carbocycles. The van der Waals surface area contributed by atoms with Gasteiger partial charge in [-0.05, 0) is 0 Å². The summed E-state index contributed by atoms with van der Waals surface area (Å²) < 4.78 is 10.3. The Hall–Kier alpha value is -1.73. The molecule has 2 heterocycles. The van der Waals surface area contributed by atoms with Gasteiger partial charge in [0.15, 0.2) is 0 Å². The molecule has 1 aromatic heterocycles. The molecule has 0 spiro atoms. The fourth-order valence-corrected chi connectivity index (χ4v) is 1.74. The predicted molar refractivity (Wildman–Crippen MR) is 67.5 cm³/mol. The van der Waals surface area contributed by atoms with Gasteiger partial charge in [-0.3, -0.25) is 14.9 Å². The van der Waals surface area contributed by atoms with Gasteiger partial charge in [-0.15, -0.1) is 0 Å². The number of ether oxygens (including phenoxy) is 2. The summed E-state index contributed by atoms with van der Waals surface area (Å²) in [6.45, 7) is 4.86. The molecule has 1 aromatic rings. The first-order valence-electron chi connectivity index (χ1n) is 6.30. The molecule has 1 saturated heterocycles. The van der Waals surface area contributed by atoms with Crippen molar-refractivity contribution in [2.24, 2.45) is 0 Å². The molecule has 1 N–H and O–H groups in total. The van der Waals surface area contributed by atoms with Crippen molar-refractivity contribution in [3.8, 4) is 0 Å². The van der Waals surface area contributed by atoms with E-state index in [1.165, 1.54) is 0 Å². The molecule has 0 aliphatic carbocycles. The quantitative estimate of drug-likeness (QED) is 0.810. The van der Waals surface area contributed by atoms with Gasteiger partial charge in [0, 0.05) is 38.6 Å². The maximum Gasteiger partial charge on any atom is 0.407 e. The van der Waals surface area contributed by atoms with Gasteiger partial charge in [-0.1, -0.05) is 0 Å². The van der Waals surface area contributed by atoms with Crippen molar-refractivity contribution in [3.63, 3.8) is 0 Å². The molecule has 7 heteroatoms. The maximum atomic E-state index is 11.4. The van der Waals surface area contributed by atoms with Crippen LogP contribution in [-0.2, 0) is 16.1 Å². The van der Waals surface area contributed by atoms with Gasteiger partial charge in [0.25, 0.3) is 0 Å². The van der Waals surface area contributed by atoms with Crippen LogP contribution in [0.3, 0.4) is 0 Å². The Bertz CT molecular complexity index is 382. The number of hydrogen-bond acceptors (Lipinski definition) is 6. The van der Waals surface area contributed by atoms with Gasteiger partial charge < -0.3 is 14.8 Å². The SMILES string of the molecule is O=C(NCCN1CCOCC1)OCc1cnccn1. The third kappa shape index (κ3) is 5.19. The van der Waals surface area contributed by atoms with E-state index in [0.717, 1.165) is 32.8 Å². The molecule has 104 valence electrons. The minimum absolute atomic E-state index is 0.136. The van der Waals surface area contributed by atoms with Crippen LogP contribution in [-0.4, -0.2) is 60.4 Å².